The van der Waals surface area contributed by atoms with Gasteiger partial charge in [-0.2, -0.15) is 13.2 Å². The van der Waals surface area contributed by atoms with Crippen LogP contribution in [0.15, 0.2) is 41.2 Å². The van der Waals surface area contributed by atoms with Crippen LogP contribution >= 0.6 is 0 Å². The maximum atomic E-state index is 12.4. The SMILES string of the molecule is O=c1nc2ccccc2ccc1C(F)(F)F. The normalized spacial score (nSPS) is 11.7. The molecule has 0 radical (unpaired) electrons. The van der Waals surface area contributed by atoms with E-state index in [0.29, 0.717) is 5.39 Å². The molecule has 1 aromatic carbocycles. The number of para-hydroxylation sites is 1. The molecule has 0 saturated heterocycles. The topological polar surface area (TPSA) is 30.0 Å². The number of benzene rings is 1. The van der Waals surface area contributed by atoms with Crippen LogP contribution in [0.3, 0.4) is 0 Å². The summed E-state index contributed by atoms with van der Waals surface area (Å²) in [6, 6.07) is 8.38. The minimum absolute atomic E-state index is 0.253. The Bertz CT molecular complexity index is 592. The summed E-state index contributed by atoms with van der Waals surface area (Å²) in [5, 5.41) is 0.495. The molecule has 2 rings (SSSR count). The molecule has 0 atom stereocenters. The van der Waals surface area contributed by atoms with E-state index >= 15 is 0 Å². The summed E-state index contributed by atoms with van der Waals surface area (Å²) in [5.41, 5.74) is -2.25. The van der Waals surface area contributed by atoms with Crippen LogP contribution < -0.4 is 5.56 Å². The van der Waals surface area contributed by atoms with E-state index in [-0.39, 0.29) is 5.52 Å². The lowest BCUT2D eigenvalue weighted by Gasteiger charge is -2.00. The Balaban J connectivity index is 2.83. The maximum absolute atomic E-state index is 12.4. The minimum Gasteiger partial charge on any atom is -0.267 e. The average Bonchev–Trinajstić information content (AvgIpc) is 2.34. The van der Waals surface area contributed by atoms with Gasteiger partial charge in [-0.25, -0.2) is 4.98 Å². The Morgan fingerprint density at radius 2 is 1.69 bits per heavy atom. The standard InChI is InChI=1S/C11H6F3NO/c12-11(13,14)8-6-5-7-3-1-2-4-9(7)15-10(8)16/h1-6H. The van der Waals surface area contributed by atoms with Gasteiger partial charge in [-0.1, -0.05) is 24.3 Å². The summed E-state index contributed by atoms with van der Waals surface area (Å²) in [6.45, 7) is 0. The minimum atomic E-state index is -4.67. The van der Waals surface area contributed by atoms with Gasteiger partial charge < -0.3 is 0 Å². The molecule has 0 N–H and O–H groups in total. The lowest BCUT2D eigenvalue weighted by Crippen LogP contribution is -2.18. The monoisotopic (exact) mass is 225 g/mol. The van der Waals surface area contributed by atoms with Gasteiger partial charge in [-0.3, -0.25) is 4.79 Å². The van der Waals surface area contributed by atoms with Crippen molar-refractivity contribution in [1.82, 2.24) is 4.98 Å². The number of hydrogen-bond acceptors (Lipinski definition) is 2. The number of nitrogens with zero attached hydrogens (tertiary/aromatic N) is 1. The van der Waals surface area contributed by atoms with Crippen molar-refractivity contribution in [2.75, 3.05) is 0 Å². The van der Waals surface area contributed by atoms with Crippen LogP contribution in [0, 0.1) is 0 Å². The smallest absolute Gasteiger partial charge is 0.267 e. The van der Waals surface area contributed by atoms with Crippen molar-refractivity contribution in [3.8, 4) is 0 Å². The first-order valence-electron chi connectivity index (χ1n) is 4.46. The molecule has 1 aromatic heterocycles. The third-order valence-corrected chi connectivity index (χ3v) is 2.12. The summed E-state index contributed by atoms with van der Waals surface area (Å²) in [7, 11) is 0. The van der Waals surface area contributed by atoms with Gasteiger partial charge in [0.05, 0.1) is 5.52 Å². The molecule has 0 bridgehead atoms. The Labute approximate surface area is 88.4 Å². The Morgan fingerprint density at radius 1 is 1.00 bits per heavy atom. The highest BCUT2D eigenvalue weighted by molar-refractivity contribution is 5.77. The first kappa shape index (κ1) is 10.6. The van der Waals surface area contributed by atoms with Crippen molar-refractivity contribution in [1.29, 1.82) is 0 Å². The van der Waals surface area contributed by atoms with Crippen molar-refractivity contribution < 1.29 is 13.2 Å². The van der Waals surface area contributed by atoms with Gasteiger partial charge in [0.25, 0.3) is 5.56 Å². The first-order valence-corrected chi connectivity index (χ1v) is 4.46. The van der Waals surface area contributed by atoms with Crippen molar-refractivity contribution in [2.24, 2.45) is 0 Å². The van der Waals surface area contributed by atoms with E-state index < -0.39 is 17.3 Å². The van der Waals surface area contributed by atoms with Crippen LogP contribution in [0.25, 0.3) is 10.9 Å². The number of hydrogen-bond donors (Lipinski definition) is 0. The van der Waals surface area contributed by atoms with Gasteiger partial charge >= 0.3 is 6.18 Å². The second-order valence-electron chi connectivity index (χ2n) is 3.22. The number of fused-ring (bicyclic) bond motifs is 1. The van der Waals surface area contributed by atoms with Gasteiger partial charge in [0.2, 0.25) is 0 Å². The van der Waals surface area contributed by atoms with Crippen LogP contribution in [0.1, 0.15) is 5.56 Å². The van der Waals surface area contributed by atoms with E-state index in [1.807, 2.05) is 0 Å². The van der Waals surface area contributed by atoms with Crippen molar-refractivity contribution in [2.45, 2.75) is 6.18 Å². The van der Waals surface area contributed by atoms with Crippen LogP contribution in [0.5, 0.6) is 0 Å². The molecule has 2 nitrogen and oxygen atoms in total. The lowest BCUT2D eigenvalue weighted by molar-refractivity contribution is -0.138. The summed E-state index contributed by atoms with van der Waals surface area (Å²) in [4.78, 5) is 14.7. The molecule has 82 valence electrons. The van der Waals surface area contributed by atoms with Gasteiger partial charge in [-0.05, 0) is 12.1 Å². The Hall–Kier alpha value is -1.91. The van der Waals surface area contributed by atoms with E-state index in [1.54, 1.807) is 18.2 Å². The van der Waals surface area contributed by atoms with Crippen molar-refractivity contribution in [3.05, 3.63) is 52.3 Å². The van der Waals surface area contributed by atoms with Gasteiger partial charge in [0, 0.05) is 5.39 Å². The molecule has 16 heavy (non-hydrogen) atoms. The molecular weight excluding hydrogens is 219 g/mol. The number of halogens is 3. The van der Waals surface area contributed by atoms with Crippen molar-refractivity contribution >= 4 is 10.9 Å². The third-order valence-electron chi connectivity index (χ3n) is 2.12. The third kappa shape index (κ3) is 1.88. The zero-order valence-electron chi connectivity index (χ0n) is 7.95. The highest BCUT2D eigenvalue weighted by Gasteiger charge is 2.33. The zero-order valence-corrected chi connectivity index (χ0v) is 7.95. The summed E-state index contributed by atoms with van der Waals surface area (Å²) >= 11 is 0. The molecule has 0 aliphatic rings. The molecule has 0 aliphatic carbocycles. The van der Waals surface area contributed by atoms with E-state index in [1.165, 1.54) is 12.1 Å². The highest BCUT2D eigenvalue weighted by Crippen LogP contribution is 2.26. The van der Waals surface area contributed by atoms with E-state index in [4.69, 9.17) is 0 Å². The highest BCUT2D eigenvalue weighted by atomic mass is 19.4. The maximum Gasteiger partial charge on any atom is 0.421 e. The molecule has 0 spiro atoms. The summed E-state index contributed by atoms with van der Waals surface area (Å²) in [6.07, 6.45) is -4.67. The number of alkyl halides is 3. The van der Waals surface area contributed by atoms with E-state index in [0.717, 1.165) is 6.07 Å². The summed E-state index contributed by atoms with van der Waals surface area (Å²) < 4.78 is 37.3. The molecule has 5 heteroatoms. The molecule has 0 amide bonds. The Morgan fingerprint density at radius 3 is 2.38 bits per heavy atom. The second kappa shape index (κ2) is 3.59. The first-order chi connectivity index (χ1) is 7.48. The zero-order chi connectivity index (χ0) is 11.8. The molecule has 0 unspecified atom stereocenters. The summed E-state index contributed by atoms with van der Waals surface area (Å²) in [5.74, 6) is 0. The molecule has 0 aliphatic heterocycles. The average molecular weight is 225 g/mol. The molecule has 0 saturated carbocycles. The quantitative estimate of drug-likeness (QED) is 0.689. The molecule has 2 aromatic rings. The van der Waals surface area contributed by atoms with Gasteiger partial charge in [-0.15, -0.1) is 0 Å². The lowest BCUT2D eigenvalue weighted by atomic mass is 10.2. The fraction of sp³-hybridized carbons (Fsp3) is 0.0909. The second-order valence-corrected chi connectivity index (χ2v) is 3.22. The Kier molecular flexibility index (Phi) is 2.38. The molecular formula is C11H6F3NO. The largest absolute Gasteiger partial charge is 0.421 e. The van der Waals surface area contributed by atoms with Crippen molar-refractivity contribution in [3.63, 3.8) is 0 Å². The number of rotatable bonds is 0. The fourth-order valence-corrected chi connectivity index (χ4v) is 1.36. The van der Waals surface area contributed by atoms with Crippen LogP contribution in [0.2, 0.25) is 0 Å². The van der Waals surface area contributed by atoms with Crippen LogP contribution in [-0.2, 0) is 6.18 Å². The fourth-order valence-electron chi connectivity index (χ4n) is 1.36. The van der Waals surface area contributed by atoms with E-state index in [9.17, 15) is 18.0 Å². The molecule has 1 heterocycles. The predicted molar refractivity (Wildman–Crippen MR) is 53.0 cm³/mol. The van der Waals surface area contributed by atoms with Crippen LogP contribution in [0.4, 0.5) is 13.2 Å². The van der Waals surface area contributed by atoms with E-state index in [2.05, 4.69) is 4.98 Å². The number of aromatic nitrogens is 1. The van der Waals surface area contributed by atoms with Crippen LogP contribution in [-0.4, -0.2) is 4.98 Å². The predicted octanol–water partition coefficient (Wildman–Crippen LogP) is 2.61. The van der Waals surface area contributed by atoms with Gasteiger partial charge in [0.1, 0.15) is 5.56 Å². The molecule has 0 fully saturated rings. The van der Waals surface area contributed by atoms with Gasteiger partial charge in [0.15, 0.2) is 0 Å².